The molecule has 1 fully saturated rings. The van der Waals surface area contributed by atoms with Crippen molar-refractivity contribution in [2.75, 3.05) is 11.3 Å². The van der Waals surface area contributed by atoms with Crippen molar-refractivity contribution >= 4 is 32.4 Å². The second-order valence-corrected chi connectivity index (χ2v) is 11.5. The Morgan fingerprint density at radius 3 is 2.46 bits per heavy atom. The molecule has 1 aliphatic rings. The summed E-state index contributed by atoms with van der Waals surface area (Å²) in [6.07, 6.45) is -3.94. The molecule has 0 bridgehead atoms. The summed E-state index contributed by atoms with van der Waals surface area (Å²) in [6, 6.07) is 8.84. The normalized spacial score (nSPS) is 17.5. The Balaban J connectivity index is 1.40. The quantitative estimate of drug-likeness (QED) is 0.378. The number of carbonyl (C=O) groups is 1. The molecule has 1 amide bonds. The molecular formula is C24H25F3N4O4S2. The van der Waals surface area contributed by atoms with Gasteiger partial charge in [-0.15, -0.1) is 10.2 Å². The number of sulfonamides is 1. The van der Waals surface area contributed by atoms with E-state index in [2.05, 4.69) is 20.2 Å². The SMILES string of the molecule is CCOc1cc(C(F)(F)F)ccc1C(=O)NC1CC1c1ccc(S(=O)(=O)Nc2nnc(C(C)C)s2)cc1. The number of carbonyl (C=O) groups excluding carboxylic acids is 1. The monoisotopic (exact) mass is 554 g/mol. The number of aromatic nitrogens is 2. The van der Waals surface area contributed by atoms with Gasteiger partial charge < -0.3 is 10.1 Å². The van der Waals surface area contributed by atoms with Gasteiger partial charge >= 0.3 is 6.18 Å². The van der Waals surface area contributed by atoms with Crippen LogP contribution < -0.4 is 14.8 Å². The van der Waals surface area contributed by atoms with Crippen LogP contribution in [-0.2, 0) is 16.2 Å². The van der Waals surface area contributed by atoms with Gasteiger partial charge in [-0.25, -0.2) is 8.42 Å². The first-order valence-electron chi connectivity index (χ1n) is 11.5. The van der Waals surface area contributed by atoms with Gasteiger partial charge in [0.05, 0.1) is 22.6 Å². The maximum atomic E-state index is 13.0. The number of nitrogens with zero attached hydrogens (tertiary/aromatic N) is 2. The lowest BCUT2D eigenvalue weighted by molar-refractivity contribution is -0.137. The average molecular weight is 555 g/mol. The summed E-state index contributed by atoms with van der Waals surface area (Å²) in [5.74, 6) is -0.585. The van der Waals surface area contributed by atoms with E-state index in [-0.39, 0.29) is 45.8 Å². The third kappa shape index (κ3) is 6.21. The predicted octanol–water partition coefficient (Wildman–Crippen LogP) is 5.17. The van der Waals surface area contributed by atoms with E-state index in [0.717, 1.165) is 28.8 Å². The van der Waals surface area contributed by atoms with E-state index in [0.29, 0.717) is 6.42 Å². The van der Waals surface area contributed by atoms with Gasteiger partial charge in [0.15, 0.2) is 0 Å². The maximum Gasteiger partial charge on any atom is 0.416 e. The van der Waals surface area contributed by atoms with Gasteiger partial charge in [0, 0.05) is 17.9 Å². The Hall–Kier alpha value is -3.19. The molecule has 0 saturated heterocycles. The second-order valence-electron chi connectivity index (χ2n) is 8.84. The molecule has 2 unspecified atom stereocenters. The van der Waals surface area contributed by atoms with Crippen LogP contribution in [-0.4, -0.2) is 37.2 Å². The minimum Gasteiger partial charge on any atom is -0.493 e. The molecule has 1 saturated carbocycles. The summed E-state index contributed by atoms with van der Waals surface area (Å²) in [5, 5.41) is 11.6. The lowest BCUT2D eigenvalue weighted by atomic mass is 10.1. The fourth-order valence-corrected chi connectivity index (χ4v) is 5.68. The minimum absolute atomic E-state index is 0.0188. The topological polar surface area (TPSA) is 110 Å². The smallest absolute Gasteiger partial charge is 0.416 e. The maximum absolute atomic E-state index is 13.0. The molecule has 2 atom stereocenters. The summed E-state index contributed by atoms with van der Waals surface area (Å²) in [4.78, 5) is 12.8. The van der Waals surface area contributed by atoms with E-state index >= 15 is 0 Å². The summed E-state index contributed by atoms with van der Waals surface area (Å²) in [6.45, 7) is 5.60. The molecule has 198 valence electrons. The van der Waals surface area contributed by atoms with Crippen molar-refractivity contribution in [1.29, 1.82) is 0 Å². The van der Waals surface area contributed by atoms with Crippen molar-refractivity contribution in [2.45, 2.75) is 56.1 Å². The number of halogens is 3. The molecule has 13 heteroatoms. The number of alkyl halides is 3. The zero-order chi connectivity index (χ0) is 27.0. The molecule has 8 nitrogen and oxygen atoms in total. The highest BCUT2D eigenvalue weighted by Gasteiger charge is 2.40. The van der Waals surface area contributed by atoms with Gasteiger partial charge in [-0.3, -0.25) is 9.52 Å². The van der Waals surface area contributed by atoms with E-state index in [4.69, 9.17) is 4.74 Å². The number of rotatable bonds is 9. The Morgan fingerprint density at radius 2 is 1.86 bits per heavy atom. The molecule has 1 heterocycles. The van der Waals surface area contributed by atoms with Crippen LogP contribution in [0.15, 0.2) is 47.4 Å². The Kier molecular flexibility index (Phi) is 7.47. The van der Waals surface area contributed by atoms with Crippen LogP contribution in [0.1, 0.15) is 65.5 Å². The van der Waals surface area contributed by atoms with E-state index in [9.17, 15) is 26.4 Å². The average Bonchev–Trinajstić information content (AvgIpc) is 3.43. The number of benzene rings is 2. The highest BCUT2D eigenvalue weighted by Crippen LogP contribution is 2.42. The molecule has 2 aromatic carbocycles. The third-order valence-electron chi connectivity index (χ3n) is 5.74. The Bertz CT molecular complexity index is 1390. The molecule has 4 rings (SSSR count). The standard InChI is InChI=1S/C24H25F3N4O4S2/c1-4-35-20-11-15(24(25,26)27)7-10-17(20)21(32)28-19-12-18(19)14-5-8-16(9-6-14)37(33,34)31-23-30-29-22(36-23)13(2)3/h5-11,13,18-19H,4,12H2,1-3H3,(H,28,32)(H,30,31). The first-order chi connectivity index (χ1) is 17.4. The predicted molar refractivity (Wildman–Crippen MR) is 132 cm³/mol. The molecule has 1 aromatic heterocycles. The van der Waals surface area contributed by atoms with Crippen molar-refractivity contribution in [3.63, 3.8) is 0 Å². The molecule has 0 radical (unpaired) electrons. The number of hydrogen-bond acceptors (Lipinski definition) is 7. The Labute approximate surface area is 216 Å². The number of anilines is 1. The van der Waals surface area contributed by atoms with Crippen LogP contribution in [0.25, 0.3) is 0 Å². The van der Waals surface area contributed by atoms with Gasteiger partial charge in [0.2, 0.25) is 5.13 Å². The highest BCUT2D eigenvalue weighted by molar-refractivity contribution is 7.93. The van der Waals surface area contributed by atoms with Crippen LogP contribution in [0.5, 0.6) is 5.75 Å². The molecule has 2 N–H and O–H groups in total. The number of amides is 1. The lowest BCUT2D eigenvalue weighted by Crippen LogP contribution is -2.27. The fraction of sp³-hybridized carbons (Fsp3) is 0.375. The van der Waals surface area contributed by atoms with E-state index < -0.39 is 27.7 Å². The van der Waals surface area contributed by atoms with Crippen LogP contribution in [0.2, 0.25) is 0 Å². The number of ether oxygens (including phenoxy) is 1. The third-order valence-corrected chi connectivity index (χ3v) is 8.36. The summed E-state index contributed by atoms with van der Waals surface area (Å²) in [5.41, 5.74) is -0.0437. The van der Waals surface area contributed by atoms with E-state index in [1.807, 2.05) is 13.8 Å². The molecular weight excluding hydrogens is 529 g/mol. The van der Waals surface area contributed by atoms with E-state index in [1.54, 1.807) is 19.1 Å². The largest absolute Gasteiger partial charge is 0.493 e. The molecule has 37 heavy (non-hydrogen) atoms. The molecule has 0 spiro atoms. The zero-order valence-electron chi connectivity index (χ0n) is 20.2. The summed E-state index contributed by atoms with van der Waals surface area (Å²) < 4.78 is 72.2. The van der Waals surface area contributed by atoms with Crippen molar-refractivity contribution in [3.05, 3.63) is 64.2 Å². The minimum atomic E-state index is -4.55. The zero-order valence-corrected chi connectivity index (χ0v) is 21.8. The van der Waals surface area contributed by atoms with Gasteiger partial charge in [-0.05, 0) is 49.2 Å². The van der Waals surface area contributed by atoms with Crippen molar-refractivity contribution in [3.8, 4) is 5.75 Å². The van der Waals surface area contributed by atoms with E-state index in [1.165, 1.54) is 23.5 Å². The summed E-state index contributed by atoms with van der Waals surface area (Å²) >= 11 is 1.17. The summed E-state index contributed by atoms with van der Waals surface area (Å²) in [7, 11) is -3.85. The van der Waals surface area contributed by atoms with Gasteiger partial charge in [-0.2, -0.15) is 13.2 Å². The Morgan fingerprint density at radius 1 is 1.16 bits per heavy atom. The van der Waals surface area contributed by atoms with Crippen LogP contribution in [0.3, 0.4) is 0 Å². The van der Waals surface area contributed by atoms with Crippen LogP contribution >= 0.6 is 11.3 Å². The van der Waals surface area contributed by atoms with Gasteiger partial charge in [0.1, 0.15) is 10.8 Å². The number of nitrogens with one attached hydrogen (secondary N) is 2. The van der Waals surface area contributed by atoms with Crippen molar-refractivity contribution in [1.82, 2.24) is 15.5 Å². The highest BCUT2D eigenvalue weighted by atomic mass is 32.2. The van der Waals surface area contributed by atoms with Crippen LogP contribution in [0, 0.1) is 0 Å². The molecule has 3 aromatic rings. The molecule has 1 aliphatic carbocycles. The van der Waals surface area contributed by atoms with Gasteiger partial charge in [-0.1, -0.05) is 37.3 Å². The second kappa shape index (κ2) is 10.3. The lowest BCUT2D eigenvalue weighted by Gasteiger charge is -2.14. The van der Waals surface area contributed by atoms with Crippen molar-refractivity contribution in [2.24, 2.45) is 0 Å². The van der Waals surface area contributed by atoms with Gasteiger partial charge in [0.25, 0.3) is 15.9 Å². The van der Waals surface area contributed by atoms with Crippen molar-refractivity contribution < 1.29 is 31.1 Å². The fourth-order valence-electron chi connectivity index (χ4n) is 3.71. The first kappa shape index (κ1) is 26.9. The van der Waals surface area contributed by atoms with Crippen LogP contribution in [0.4, 0.5) is 18.3 Å². The molecule has 0 aliphatic heterocycles. The number of hydrogen-bond donors (Lipinski definition) is 2. The first-order valence-corrected chi connectivity index (χ1v) is 13.8.